The van der Waals surface area contributed by atoms with Crippen molar-refractivity contribution in [1.82, 2.24) is 5.32 Å². The predicted molar refractivity (Wildman–Crippen MR) is 209 cm³/mol. The number of unbranched alkanes of at least 4 members (excludes halogenated alkanes) is 23. The van der Waals surface area contributed by atoms with Crippen molar-refractivity contribution in [3.05, 3.63) is 12.2 Å². The van der Waals surface area contributed by atoms with Crippen molar-refractivity contribution in [3.63, 3.8) is 0 Å². The van der Waals surface area contributed by atoms with E-state index in [0.29, 0.717) is 6.42 Å². The Hall–Kier alpha value is -0.840. The molecule has 0 radical (unpaired) electrons. The van der Waals surface area contributed by atoms with E-state index < -0.39 is 49.5 Å². The van der Waals surface area contributed by atoms with E-state index in [9.17, 15) is 25.2 Å². The number of aliphatic hydroxyl groups is 4. The number of carbonyl (C=O) groups is 1. The van der Waals surface area contributed by atoms with Crippen LogP contribution in [0.2, 0.25) is 0 Å². The maximum absolute atomic E-state index is 13.0. The number of rotatable bonds is 37. The zero-order valence-electron chi connectivity index (χ0n) is 33.1. The van der Waals surface area contributed by atoms with E-state index in [-0.39, 0.29) is 24.8 Å². The maximum atomic E-state index is 13.0. The van der Waals surface area contributed by atoms with Gasteiger partial charge in [-0.15, -0.1) is 4.33 Å². The van der Waals surface area contributed by atoms with Crippen LogP contribution in [0, 0.1) is 0 Å². The van der Waals surface area contributed by atoms with E-state index in [1.807, 2.05) is 6.08 Å². The highest BCUT2D eigenvalue weighted by molar-refractivity contribution is 7.89. The number of nitrogens with one attached hydrogen (secondary N) is 1. The zero-order chi connectivity index (χ0) is 38.8. The van der Waals surface area contributed by atoms with Crippen molar-refractivity contribution in [2.45, 2.75) is 224 Å². The van der Waals surface area contributed by atoms with Gasteiger partial charge in [0.15, 0.2) is 18.6 Å². The largest absolute Gasteiger partial charge is 0.394 e. The van der Waals surface area contributed by atoms with Gasteiger partial charge in [0.1, 0.15) is 24.4 Å². The van der Waals surface area contributed by atoms with Gasteiger partial charge in [0, 0.05) is 6.42 Å². The van der Waals surface area contributed by atoms with Gasteiger partial charge in [0.25, 0.3) is 0 Å². The Labute approximate surface area is 325 Å². The Morgan fingerprint density at radius 3 is 1.74 bits per heavy atom. The molecule has 1 heterocycles. The van der Waals surface area contributed by atoms with Gasteiger partial charge < -0.3 is 35.2 Å². The lowest BCUT2D eigenvalue weighted by molar-refractivity contribution is -0.435. The van der Waals surface area contributed by atoms with Crippen LogP contribution in [0.3, 0.4) is 0 Å². The fraction of sp³-hybridized carbons (Fsp3) is 0.925. The molecular weight excluding hydrogens is 703 g/mol. The molecule has 1 aliphatic heterocycles. The number of ether oxygens (including phenoxy) is 2. The summed E-state index contributed by atoms with van der Waals surface area (Å²) in [4.78, 5) is 13.0. The molecule has 7 atom stereocenters. The minimum atomic E-state index is -1.54. The van der Waals surface area contributed by atoms with E-state index in [1.165, 1.54) is 122 Å². The minimum absolute atomic E-state index is 0.170. The monoisotopic (exact) mass is 780 g/mol. The SMILES string of the molecule is CCCCCCCCCCCCC/C=C/[C@@H](O)[C@H](COC1OC(CO)C(O)C(OSOOO)C1O)NC(=O)CCCCCCCCCCCCCCC. The molecule has 6 N–H and O–H groups in total. The van der Waals surface area contributed by atoms with Crippen LogP contribution in [-0.2, 0) is 27.8 Å². The van der Waals surface area contributed by atoms with E-state index in [1.54, 1.807) is 6.08 Å². The summed E-state index contributed by atoms with van der Waals surface area (Å²) >= 11 is 0.170. The summed E-state index contributed by atoms with van der Waals surface area (Å²) in [5.41, 5.74) is 0. The average molecular weight is 780 g/mol. The molecule has 0 aliphatic carbocycles. The summed E-state index contributed by atoms with van der Waals surface area (Å²) in [6.07, 6.45) is 26.4. The molecule has 0 bridgehead atoms. The second-order valence-electron chi connectivity index (χ2n) is 14.7. The summed E-state index contributed by atoms with van der Waals surface area (Å²) in [5.74, 6) is -0.202. The zero-order valence-corrected chi connectivity index (χ0v) is 33.9. The number of hydrogen-bond acceptors (Lipinski definition) is 12. The first-order valence-electron chi connectivity index (χ1n) is 21.1. The molecule has 1 amide bonds. The third-order valence-electron chi connectivity index (χ3n) is 10.0. The minimum Gasteiger partial charge on any atom is -0.394 e. The van der Waals surface area contributed by atoms with Gasteiger partial charge in [-0.25, -0.2) is 5.26 Å². The molecule has 1 fully saturated rings. The van der Waals surface area contributed by atoms with Gasteiger partial charge in [-0.05, 0) is 19.3 Å². The summed E-state index contributed by atoms with van der Waals surface area (Å²) in [5, 5.41) is 56.8. The summed E-state index contributed by atoms with van der Waals surface area (Å²) in [6.45, 7) is 3.67. The number of aliphatic hydroxyl groups excluding tert-OH is 4. The molecule has 53 heavy (non-hydrogen) atoms. The quantitative estimate of drug-likeness (QED) is 0.0117. The van der Waals surface area contributed by atoms with Crippen LogP contribution >= 0.6 is 12.3 Å². The smallest absolute Gasteiger partial charge is 0.220 e. The Morgan fingerprint density at radius 1 is 0.755 bits per heavy atom. The third kappa shape index (κ3) is 25.8. The van der Waals surface area contributed by atoms with Crippen LogP contribution in [0.4, 0.5) is 0 Å². The molecule has 1 saturated heterocycles. The molecule has 0 saturated carbocycles. The second kappa shape index (κ2) is 35.6. The Bertz CT molecular complexity index is 858. The molecular formula is C40H77NO11S. The summed E-state index contributed by atoms with van der Waals surface area (Å²) in [7, 11) is 0. The second-order valence-corrected chi connectivity index (χ2v) is 15.2. The van der Waals surface area contributed by atoms with Gasteiger partial charge >= 0.3 is 0 Å². The van der Waals surface area contributed by atoms with Gasteiger partial charge in [0.2, 0.25) is 5.91 Å². The van der Waals surface area contributed by atoms with Crippen LogP contribution in [0.1, 0.15) is 181 Å². The normalized spacial score (nSPS) is 21.7. The standard InChI is InChI=1S/C40H77NO11S/c1-3-5-7-9-11-13-15-17-19-21-23-25-27-29-34(43)33(32-48-40-38(46)39(50-53-52-51-47)37(45)35(31-42)49-40)41-36(44)30-28-26-24-22-20-18-16-14-12-10-8-6-4-2/h27,29,33-35,37-40,42-43,45-47H,3-26,28,30-32H2,1-2H3,(H,41,44)/b29-27+/t33-,34+,35?,37?,38?,39?,40?/m0/s1. The molecule has 13 heteroatoms. The third-order valence-corrected chi connectivity index (χ3v) is 10.5. The molecule has 0 aromatic carbocycles. The fourth-order valence-corrected chi connectivity index (χ4v) is 7.06. The summed E-state index contributed by atoms with van der Waals surface area (Å²) < 4.78 is 20.8. The van der Waals surface area contributed by atoms with Crippen molar-refractivity contribution >= 4 is 18.2 Å². The lowest BCUT2D eigenvalue weighted by Crippen LogP contribution is -2.60. The number of carbonyl (C=O) groups excluding carboxylic acids is 1. The topological polar surface area (TPSA) is 176 Å². The number of amides is 1. The van der Waals surface area contributed by atoms with Gasteiger partial charge in [-0.2, -0.15) is 0 Å². The van der Waals surface area contributed by atoms with Crippen molar-refractivity contribution < 1.29 is 53.5 Å². The van der Waals surface area contributed by atoms with E-state index in [4.69, 9.17) is 18.9 Å². The number of hydrogen-bond donors (Lipinski definition) is 6. The number of allylic oxidation sites excluding steroid dienone is 1. The van der Waals surface area contributed by atoms with Gasteiger partial charge in [0.05, 0.1) is 25.4 Å². The highest BCUT2D eigenvalue weighted by Crippen LogP contribution is 2.28. The molecule has 0 aromatic rings. The first-order chi connectivity index (χ1) is 25.9. The maximum Gasteiger partial charge on any atom is 0.220 e. The van der Waals surface area contributed by atoms with E-state index in [0.717, 1.165) is 38.5 Å². The van der Waals surface area contributed by atoms with Crippen molar-refractivity contribution in [2.75, 3.05) is 13.2 Å². The van der Waals surface area contributed by atoms with Gasteiger partial charge in [-0.3, -0.25) is 8.98 Å². The van der Waals surface area contributed by atoms with Crippen molar-refractivity contribution in [3.8, 4) is 0 Å². The Kier molecular flexibility index (Phi) is 33.7. The predicted octanol–water partition coefficient (Wildman–Crippen LogP) is 8.40. The van der Waals surface area contributed by atoms with Crippen molar-refractivity contribution in [2.24, 2.45) is 0 Å². The van der Waals surface area contributed by atoms with Crippen LogP contribution in [0.15, 0.2) is 12.2 Å². The van der Waals surface area contributed by atoms with Crippen LogP contribution in [0.5, 0.6) is 0 Å². The lowest BCUT2D eigenvalue weighted by atomic mass is 9.99. The first-order valence-corrected chi connectivity index (χ1v) is 21.7. The van der Waals surface area contributed by atoms with Crippen LogP contribution in [0.25, 0.3) is 0 Å². The Morgan fingerprint density at radius 2 is 1.25 bits per heavy atom. The lowest BCUT2D eigenvalue weighted by Gasteiger charge is -2.41. The van der Waals surface area contributed by atoms with E-state index in [2.05, 4.69) is 28.5 Å². The molecule has 12 nitrogen and oxygen atoms in total. The average Bonchev–Trinajstić information content (AvgIpc) is 3.15. The Balaban J connectivity index is 2.56. The molecule has 0 spiro atoms. The molecule has 314 valence electrons. The fourth-order valence-electron chi connectivity index (χ4n) is 6.68. The van der Waals surface area contributed by atoms with Crippen LogP contribution in [-0.4, -0.2) is 87.7 Å². The molecule has 0 aromatic heterocycles. The molecule has 5 unspecified atom stereocenters. The first kappa shape index (κ1) is 50.2. The van der Waals surface area contributed by atoms with E-state index >= 15 is 0 Å². The molecule has 1 rings (SSSR count). The molecule has 1 aliphatic rings. The van der Waals surface area contributed by atoms with Gasteiger partial charge in [-0.1, -0.05) is 172 Å². The van der Waals surface area contributed by atoms with Crippen LogP contribution < -0.4 is 5.32 Å². The van der Waals surface area contributed by atoms with Crippen molar-refractivity contribution in [1.29, 1.82) is 0 Å². The highest BCUT2D eigenvalue weighted by Gasteiger charge is 2.46. The highest BCUT2D eigenvalue weighted by atomic mass is 32.2. The summed E-state index contributed by atoms with van der Waals surface area (Å²) in [6, 6.07) is -0.840.